The van der Waals surface area contributed by atoms with Crippen LogP contribution in [0.2, 0.25) is 0 Å². The normalized spacial score (nSPS) is 14.0. The minimum Gasteiger partial charge on any atom is -0.480 e. The molecule has 0 spiro atoms. The number of hydrogen-bond donors (Lipinski definition) is 3. The van der Waals surface area contributed by atoms with Gasteiger partial charge in [-0.15, -0.1) is 0 Å². The topological polar surface area (TPSA) is 113 Å². The van der Waals surface area contributed by atoms with Gasteiger partial charge < -0.3 is 10.4 Å². The van der Waals surface area contributed by atoms with Crippen molar-refractivity contribution in [1.82, 2.24) is 10.0 Å². The number of hydrogen-bond acceptors (Lipinski definition) is 4. The van der Waals surface area contributed by atoms with E-state index in [1.807, 2.05) is 6.92 Å². The summed E-state index contributed by atoms with van der Waals surface area (Å²) in [4.78, 5) is 23.0. The summed E-state index contributed by atoms with van der Waals surface area (Å²) in [6.45, 7) is 3.47. The minimum absolute atomic E-state index is 0.101. The molecule has 1 amide bonds. The highest BCUT2D eigenvalue weighted by Crippen LogP contribution is 2.09. The van der Waals surface area contributed by atoms with E-state index in [1.165, 1.54) is 12.1 Å². The smallest absolute Gasteiger partial charge is 0.326 e. The van der Waals surface area contributed by atoms with E-state index >= 15 is 0 Å². The van der Waals surface area contributed by atoms with Crippen molar-refractivity contribution in [3.05, 3.63) is 30.3 Å². The summed E-state index contributed by atoms with van der Waals surface area (Å²) in [7, 11) is -3.67. The predicted octanol–water partition coefficient (Wildman–Crippen LogP) is 0.970. The van der Waals surface area contributed by atoms with Gasteiger partial charge in [-0.3, -0.25) is 4.79 Å². The second-order valence-electron chi connectivity index (χ2n) is 5.23. The molecule has 3 N–H and O–H groups in total. The van der Waals surface area contributed by atoms with E-state index in [0.717, 1.165) is 0 Å². The van der Waals surface area contributed by atoms with Crippen molar-refractivity contribution in [2.45, 2.75) is 37.6 Å². The van der Waals surface area contributed by atoms with Gasteiger partial charge in [0, 0.05) is 13.0 Å². The van der Waals surface area contributed by atoms with Gasteiger partial charge in [0.25, 0.3) is 0 Å². The quantitative estimate of drug-likeness (QED) is 0.619. The van der Waals surface area contributed by atoms with Crippen LogP contribution in [-0.4, -0.2) is 38.0 Å². The van der Waals surface area contributed by atoms with Gasteiger partial charge in [-0.1, -0.05) is 38.5 Å². The maximum Gasteiger partial charge on any atom is 0.326 e. The van der Waals surface area contributed by atoms with Crippen LogP contribution in [0, 0.1) is 5.92 Å². The van der Waals surface area contributed by atoms with Crippen LogP contribution in [0.15, 0.2) is 35.2 Å². The molecule has 1 aromatic rings. The fraction of sp³-hybridized carbons (Fsp3) is 0.467. The highest BCUT2D eigenvalue weighted by atomic mass is 32.2. The minimum atomic E-state index is -3.67. The van der Waals surface area contributed by atoms with E-state index in [9.17, 15) is 18.0 Å². The van der Waals surface area contributed by atoms with Gasteiger partial charge in [0.2, 0.25) is 15.9 Å². The van der Waals surface area contributed by atoms with Gasteiger partial charge in [-0.2, -0.15) is 0 Å². The van der Waals surface area contributed by atoms with Crippen molar-refractivity contribution < 1.29 is 23.1 Å². The monoisotopic (exact) mass is 342 g/mol. The van der Waals surface area contributed by atoms with Crippen molar-refractivity contribution >= 4 is 21.9 Å². The molecule has 128 valence electrons. The molecule has 1 aromatic carbocycles. The zero-order chi connectivity index (χ0) is 17.5. The molecule has 23 heavy (non-hydrogen) atoms. The molecule has 0 bridgehead atoms. The fourth-order valence-electron chi connectivity index (χ4n) is 1.91. The van der Waals surface area contributed by atoms with E-state index in [-0.39, 0.29) is 23.8 Å². The van der Waals surface area contributed by atoms with Gasteiger partial charge >= 0.3 is 5.97 Å². The van der Waals surface area contributed by atoms with E-state index < -0.39 is 27.9 Å². The Hall–Kier alpha value is -1.93. The van der Waals surface area contributed by atoms with E-state index in [2.05, 4.69) is 10.0 Å². The number of carboxylic acid groups (broad SMARTS) is 1. The Kier molecular flexibility index (Phi) is 7.18. The zero-order valence-electron chi connectivity index (χ0n) is 13.2. The third-order valence-electron chi connectivity index (χ3n) is 3.49. The molecule has 2 unspecified atom stereocenters. The van der Waals surface area contributed by atoms with Crippen LogP contribution in [0.5, 0.6) is 0 Å². The summed E-state index contributed by atoms with van der Waals surface area (Å²) in [5, 5.41) is 11.5. The summed E-state index contributed by atoms with van der Waals surface area (Å²) in [6, 6.07) is 6.83. The van der Waals surface area contributed by atoms with Crippen LogP contribution in [0.25, 0.3) is 0 Å². The van der Waals surface area contributed by atoms with Crippen LogP contribution in [-0.2, 0) is 19.6 Å². The number of carbonyl (C=O) groups excluding carboxylic acids is 1. The molecule has 0 heterocycles. The summed E-state index contributed by atoms with van der Waals surface area (Å²) in [5.74, 6) is -1.82. The first-order valence-electron chi connectivity index (χ1n) is 7.34. The number of nitrogens with one attached hydrogen (secondary N) is 2. The molecule has 0 saturated carbocycles. The van der Waals surface area contributed by atoms with E-state index in [1.54, 1.807) is 25.1 Å². The lowest BCUT2D eigenvalue weighted by atomic mass is 9.99. The fourth-order valence-corrected chi connectivity index (χ4v) is 2.96. The second-order valence-corrected chi connectivity index (χ2v) is 7.00. The molecule has 8 heteroatoms. The first-order valence-corrected chi connectivity index (χ1v) is 8.83. The Balaban J connectivity index is 2.52. The SMILES string of the molecule is CCC(C)C(NC(=O)CCNS(=O)(=O)c1ccccc1)C(=O)O. The summed E-state index contributed by atoms with van der Waals surface area (Å²) in [5.41, 5.74) is 0. The average Bonchev–Trinajstić information content (AvgIpc) is 2.52. The van der Waals surface area contributed by atoms with Gasteiger partial charge in [-0.05, 0) is 18.1 Å². The zero-order valence-corrected chi connectivity index (χ0v) is 14.0. The Bertz CT molecular complexity index is 631. The van der Waals surface area contributed by atoms with Crippen molar-refractivity contribution in [3.63, 3.8) is 0 Å². The molecule has 0 aliphatic heterocycles. The lowest BCUT2D eigenvalue weighted by molar-refractivity contribution is -0.143. The van der Waals surface area contributed by atoms with Gasteiger partial charge in [-0.25, -0.2) is 17.9 Å². The Morgan fingerprint density at radius 3 is 2.35 bits per heavy atom. The Morgan fingerprint density at radius 1 is 1.22 bits per heavy atom. The molecule has 0 fully saturated rings. The third kappa shape index (κ3) is 5.99. The van der Waals surface area contributed by atoms with Crippen molar-refractivity contribution in [3.8, 4) is 0 Å². The van der Waals surface area contributed by atoms with Crippen molar-refractivity contribution in [1.29, 1.82) is 0 Å². The molecule has 1 rings (SSSR count). The summed E-state index contributed by atoms with van der Waals surface area (Å²) in [6.07, 6.45) is 0.476. The van der Waals surface area contributed by atoms with Gasteiger partial charge in [0.05, 0.1) is 4.90 Å². The van der Waals surface area contributed by atoms with E-state index in [4.69, 9.17) is 5.11 Å². The number of carbonyl (C=O) groups is 2. The Labute approximate surface area is 136 Å². The highest BCUT2D eigenvalue weighted by molar-refractivity contribution is 7.89. The summed E-state index contributed by atoms with van der Waals surface area (Å²) < 4.78 is 26.2. The lowest BCUT2D eigenvalue weighted by Crippen LogP contribution is -2.45. The molecule has 0 aliphatic rings. The van der Waals surface area contributed by atoms with E-state index in [0.29, 0.717) is 6.42 Å². The lowest BCUT2D eigenvalue weighted by Gasteiger charge is -2.20. The molecule has 7 nitrogen and oxygen atoms in total. The standard InChI is InChI=1S/C15H22N2O5S/c1-3-11(2)14(15(19)20)17-13(18)9-10-16-23(21,22)12-7-5-4-6-8-12/h4-8,11,14,16H,3,9-10H2,1-2H3,(H,17,18)(H,19,20). The number of aliphatic carboxylic acids is 1. The second kappa shape index (κ2) is 8.64. The number of benzene rings is 1. The first-order chi connectivity index (χ1) is 10.8. The molecule has 2 atom stereocenters. The van der Waals surface area contributed by atoms with Gasteiger partial charge in [0.1, 0.15) is 6.04 Å². The predicted molar refractivity (Wildman–Crippen MR) is 85.3 cm³/mol. The van der Waals surface area contributed by atoms with Crippen LogP contribution in [0.3, 0.4) is 0 Å². The number of rotatable bonds is 9. The summed E-state index contributed by atoms with van der Waals surface area (Å²) >= 11 is 0. The molecular formula is C15H22N2O5S. The molecule has 0 aliphatic carbocycles. The largest absolute Gasteiger partial charge is 0.480 e. The van der Waals surface area contributed by atoms with Crippen LogP contribution in [0.4, 0.5) is 0 Å². The Morgan fingerprint density at radius 2 is 1.83 bits per heavy atom. The van der Waals surface area contributed by atoms with Crippen molar-refractivity contribution in [2.75, 3.05) is 6.54 Å². The highest BCUT2D eigenvalue weighted by Gasteiger charge is 2.25. The maximum atomic E-state index is 12.0. The van der Waals surface area contributed by atoms with Crippen LogP contribution in [0.1, 0.15) is 26.7 Å². The van der Waals surface area contributed by atoms with Gasteiger partial charge in [0.15, 0.2) is 0 Å². The number of carboxylic acids is 1. The number of sulfonamides is 1. The molecule has 0 aromatic heterocycles. The van der Waals surface area contributed by atoms with Crippen LogP contribution >= 0.6 is 0 Å². The first kappa shape index (κ1) is 19.1. The average molecular weight is 342 g/mol. The maximum absolute atomic E-state index is 12.0. The number of amides is 1. The molecule has 0 saturated heterocycles. The molecule has 0 radical (unpaired) electrons. The van der Waals surface area contributed by atoms with Crippen LogP contribution < -0.4 is 10.0 Å². The third-order valence-corrected chi connectivity index (χ3v) is 4.97. The molecular weight excluding hydrogens is 320 g/mol. The van der Waals surface area contributed by atoms with Crippen molar-refractivity contribution in [2.24, 2.45) is 5.92 Å².